The van der Waals surface area contributed by atoms with Crippen LogP contribution in [0.1, 0.15) is 70.7 Å². The standard InChI is InChI=1S/C30H39ClN2O4/c1-7-32(8-2)17-10-18-33-26(20-11-14-22(15-12-20)30(4,5)6)25(28(35)29(33)36)27(34)21-13-16-24(37-9-3)23(31)19-21/h11-16,19,26,34H,7-10,17-18H2,1-6H3/b27-25+/t26-/m0/s1. The maximum Gasteiger partial charge on any atom is 0.295 e. The number of halogens is 1. The Hall–Kier alpha value is -2.83. The average Bonchev–Trinajstić information content (AvgIpc) is 3.12. The van der Waals surface area contributed by atoms with Crippen LogP contribution in [0.2, 0.25) is 5.02 Å². The van der Waals surface area contributed by atoms with Crippen molar-refractivity contribution in [3.63, 3.8) is 0 Å². The third-order valence-electron chi connectivity index (χ3n) is 6.91. The number of aliphatic hydroxyl groups excluding tert-OH is 1. The Morgan fingerprint density at radius 3 is 2.24 bits per heavy atom. The van der Waals surface area contributed by atoms with Gasteiger partial charge in [-0.05, 0) is 67.7 Å². The number of nitrogens with zero attached hydrogens (tertiary/aromatic N) is 2. The first-order valence-corrected chi connectivity index (χ1v) is 13.4. The Morgan fingerprint density at radius 1 is 1.05 bits per heavy atom. The lowest BCUT2D eigenvalue weighted by molar-refractivity contribution is -0.140. The number of aliphatic hydroxyl groups is 1. The normalized spacial score (nSPS) is 17.6. The summed E-state index contributed by atoms with van der Waals surface area (Å²) in [5, 5.41) is 11.7. The third kappa shape index (κ3) is 6.36. The fourth-order valence-electron chi connectivity index (χ4n) is 4.70. The van der Waals surface area contributed by atoms with E-state index in [4.69, 9.17) is 16.3 Å². The predicted octanol–water partition coefficient (Wildman–Crippen LogP) is 6.19. The van der Waals surface area contributed by atoms with Crippen molar-refractivity contribution in [2.24, 2.45) is 0 Å². The SMILES string of the molecule is CCOc1ccc(/C(O)=C2\C(=O)C(=O)N(CCCN(CC)CC)[C@H]2c2ccc(C(C)(C)C)cc2)cc1Cl. The van der Waals surface area contributed by atoms with Crippen LogP contribution in [0.5, 0.6) is 5.75 Å². The lowest BCUT2D eigenvalue weighted by atomic mass is 9.85. The third-order valence-corrected chi connectivity index (χ3v) is 7.20. The van der Waals surface area contributed by atoms with Crippen molar-refractivity contribution in [1.29, 1.82) is 0 Å². The summed E-state index contributed by atoms with van der Waals surface area (Å²) in [7, 11) is 0. The Balaban J connectivity index is 2.07. The van der Waals surface area contributed by atoms with Crippen LogP contribution in [0, 0.1) is 0 Å². The van der Waals surface area contributed by atoms with E-state index in [1.165, 1.54) is 0 Å². The van der Waals surface area contributed by atoms with Crippen molar-refractivity contribution in [3.05, 3.63) is 69.8 Å². The van der Waals surface area contributed by atoms with Gasteiger partial charge >= 0.3 is 0 Å². The van der Waals surface area contributed by atoms with Gasteiger partial charge in [-0.2, -0.15) is 0 Å². The molecule has 7 heteroatoms. The molecule has 1 fully saturated rings. The summed E-state index contributed by atoms with van der Waals surface area (Å²) < 4.78 is 5.50. The molecule has 6 nitrogen and oxygen atoms in total. The first-order chi connectivity index (χ1) is 17.5. The van der Waals surface area contributed by atoms with Crippen molar-refractivity contribution >= 4 is 29.1 Å². The van der Waals surface area contributed by atoms with Crippen LogP contribution >= 0.6 is 11.6 Å². The molecular formula is C30H39ClN2O4. The lowest BCUT2D eigenvalue weighted by Crippen LogP contribution is -2.33. The molecule has 3 rings (SSSR count). The minimum atomic E-state index is -0.685. The Kier molecular flexibility index (Phi) is 9.43. The molecule has 0 aliphatic carbocycles. The molecule has 1 saturated heterocycles. The van der Waals surface area contributed by atoms with Crippen molar-refractivity contribution in [3.8, 4) is 5.75 Å². The molecular weight excluding hydrogens is 488 g/mol. The molecule has 2 aromatic rings. The first-order valence-electron chi connectivity index (χ1n) is 13.1. The fourth-order valence-corrected chi connectivity index (χ4v) is 4.94. The van der Waals surface area contributed by atoms with Gasteiger partial charge in [-0.25, -0.2) is 0 Å². The second-order valence-corrected chi connectivity index (χ2v) is 10.7. The number of likely N-dealkylation sites (tertiary alicyclic amines) is 1. The zero-order chi connectivity index (χ0) is 27.3. The molecule has 2 aromatic carbocycles. The number of carbonyl (C=O) groups excluding carboxylic acids is 2. The van der Waals surface area contributed by atoms with Crippen LogP contribution in [0.15, 0.2) is 48.0 Å². The van der Waals surface area contributed by atoms with E-state index in [-0.39, 0.29) is 16.7 Å². The number of benzene rings is 2. The highest BCUT2D eigenvalue weighted by Gasteiger charge is 2.45. The second kappa shape index (κ2) is 12.1. The first kappa shape index (κ1) is 28.7. The minimum Gasteiger partial charge on any atom is -0.507 e. The van der Waals surface area contributed by atoms with Gasteiger partial charge in [-0.15, -0.1) is 0 Å². The van der Waals surface area contributed by atoms with Crippen LogP contribution in [-0.2, 0) is 15.0 Å². The van der Waals surface area contributed by atoms with Gasteiger partial charge in [-0.1, -0.05) is 70.5 Å². The molecule has 1 aliphatic heterocycles. The van der Waals surface area contributed by atoms with E-state index in [0.29, 0.717) is 29.5 Å². The van der Waals surface area contributed by atoms with Gasteiger partial charge in [-0.3, -0.25) is 9.59 Å². The summed E-state index contributed by atoms with van der Waals surface area (Å²) >= 11 is 6.37. The van der Waals surface area contributed by atoms with Gasteiger partial charge in [0, 0.05) is 12.1 Å². The lowest BCUT2D eigenvalue weighted by Gasteiger charge is -2.27. The number of ketones is 1. The molecule has 1 N–H and O–H groups in total. The highest BCUT2D eigenvalue weighted by atomic mass is 35.5. The van der Waals surface area contributed by atoms with Crippen molar-refractivity contribution in [2.75, 3.05) is 32.8 Å². The van der Waals surface area contributed by atoms with Gasteiger partial charge in [0.15, 0.2) is 0 Å². The Labute approximate surface area is 225 Å². The second-order valence-electron chi connectivity index (χ2n) is 10.3. The van der Waals surface area contributed by atoms with Crippen LogP contribution in [-0.4, -0.2) is 59.4 Å². The molecule has 0 spiro atoms. The molecule has 0 radical (unpaired) electrons. The molecule has 0 unspecified atom stereocenters. The quantitative estimate of drug-likeness (QED) is 0.227. The van der Waals surface area contributed by atoms with Crippen molar-refractivity contribution in [2.45, 2.75) is 59.4 Å². The molecule has 1 heterocycles. The Morgan fingerprint density at radius 2 is 1.70 bits per heavy atom. The van der Waals surface area contributed by atoms with Gasteiger partial charge in [0.25, 0.3) is 11.7 Å². The summed E-state index contributed by atoms with van der Waals surface area (Å²) in [6, 6.07) is 12.2. The average molecular weight is 527 g/mol. The van der Waals surface area contributed by atoms with Crippen LogP contribution in [0.3, 0.4) is 0 Å². The monoisotopic (exact) mass is 526 g/mol. The maximum absolute atomic E-state index is 13.3. The van der Waals surface area contributed by atoms with E-state index >= 15 is 0 Å². The highest BCUT2D eigenvalue weighted by molar-refractivity contribution is 6.46. The molecule has 0 bridgehead atoms. The van der Waals surface area contributed by atoms with Crippen LogP contribution < -0.4 is 4.74 Å². The van der Waals surface area contributed by atoms with Gasteiger partial charge < -0.3 is 19.6 Å². The zero-order valence-electron chi connectivity index (χ0n) is 22.8. The fraction of sp³-hybridized carbons (Fsp3) is 0.467. The van der Waals surface area contributed by atoms with Crippen LogP contribution in [0.4, 0.5) is 0 Å². The largest absolute Gasteiger partial charge is 0.507 e. The molecule has 1 aliphatic rings. The number of amides is 1. The summed E-state index contributed by atoms with van der Waals surface area (Å²) in [6.07, 6.45) is 0.722. The smallest absolute Gasteiger partial charge is 0.295 e. The topological polar surface area (TPSA) is 70.1 Å². The molecule has 37 heavy (non-hydrogen) atoms. The van der Waals surface area contributed by atoms with E-state index in [0.717, 1.165) is 37.2 Å². The number of hydrogen-bond donors (Lipinski definition) is 1. The van der Waals surface area contributed by atoms with Gasteiger partial charge in [0.1, 0.15) is 11.5 Å². The molecule has 0 aromatic heterocycles. The molecule has 0 saturated carbocycles. The van der Waals surface area contributed by atoms with E-state index in [9.17, 15) is 14.7 Å². The van der Waals surface area contributed by atoms with Gasteiger partial charge in [0.2, 0.25) is 0 Å². The van der Waals surface area contributed by atoms with Crippen molar-refractivity contribution in [1.82, 2.24) is 9.80 Å². The van der Waals surface area contributed by atoms with E-state index in [1.54, 1.807) is 23.1 Å². The number of Topliss-reactive ketones (excluding diaryl/α,β-unsaturated/α-hetero) is 1. The summed E-state index contributed by atoms with van der Waals surface area (Å²) in [5.41, 5.74) is 2.34. The van der Waals surface area contributed by atoms with E-state index in [1.807, 2.05) is 31.2 Å². The number of ether oxygens (including phenoxy) is 1. The maximum atomic E-state index is 13.3. The van der Waals surface area contributed by atoms with Gasteiger partial charge in [0.05, 0.1) is 23.2 Å². The zero-order valence-corrected chi connectivity index (χ0v) is 23.6. The number of hydrogen-bond acceptors (Lipinski definition) is 5. The molecule has 1 atom stereocenters. The number of carbonyl (C=O) groups is 2. The van der Waals surface area contributed by atoms with E-state index in [2.05, 4.69) is 39.5 Å². The Bertz CT molecular complexity index is 1150. The summed E-state index contributed by atoms with van der Waals surface area (Å²) in [5.74, 6) is -1.02. The minimum absolute atomic E-state index is 0.0385. The van der Waals surface area contributed by atoms with E-state index < -0.39 is 17.7 Å². The van der Waals surface area contributed by atoms with Crippen LogP contribution in [0.25, 0.3) is 5.76 Å². The highest BCUT2D eigenvalue weighted by Crippen LogP contribution is 2.41. The van der Waals surface area contributed by atoms with Crippen molar-refractivity contribution < 1.29 is 19.4 Å². The molecule has 200 valence electrons. The summed E-state index contributed by atoms with van der Waals surface area (Å²) in [6.45, 7) is 16.0. The summed E-state index contributed by atoms with van der Waals surface area (Å²) in [4.78, 5) is 30.5. The molecule has 1 amide bonds. The number of rotatable bonds is 10. The predicted molar refractivity (Wildman–Crippen MR) is 149 cm³/mol.